The van der Waals surface area contributed by atoms with Crippen molar-refractivity contribution >= 4 is 21.8 Å². The van der Waals surface area contributed by atoms with Gasteiger partial charge in [0.1, 0.15) is 0 Å². The van der Waals surface area contributed by atoms with E-state index in [1.807, 2.05) is 30.3 Å². The molecule has 3 rings (SSSR count). The second-order valence-corrected chi connectivity index (χ2v) is 7.15. The van der Waals surface area contributed by atoms with Crippen LogP contribution >= 0.6 is 15.9 Å². The van der Waals surface area contributed by atoms with Crippen LogP contribution < -0.4 is 5.32 Å². The summed E-state index contributed by atoms with van der Waals surface area (Å²) in [6.07, 6.45) is 5.65. The lowest BCUT2D eigenvalue weighted by atomic mass is 9.88. The first-order valence-corrected chi connectivity index (χ1v) is 9.14. The van der Waals surface area contributed by atoms with Crippen molar-refractivity contribution in [3.8, 4) is 0 Å². The zero-order chi connectivity index (χ0) is 16.1. The standard InChI is InChI=1S/C20H22BrNO/c21-18-13-11-16(12-14-18)19(15-7-3-1-4-8-15)22-20(23)17-9-5-2-6-10-17/h1,3-4,7-8,11-14,17,19H,2,5-6,9-10H2,(H,22,23)/t19-/m0/s1. The Balaban J connectivity index is 1.83. The van der Waals surface area contributed by atoms with E-state index in [2.05, 4.69) is 45.5 Å². The van der Waals surface area contributed by atoms with Crippen LogP contribution in [-0.2, 0) is 4.79 Å². The molecule has 0 spiro atoms. The van der Waals surface area contributed by atoms with Gasteiger partial charge in [-0.1, -0.05) is 77.7 Å². The number of hydrogen-bond donors (Lipinski definition) is 1. The lowest BCUT2D eigenvalue weighted by Crippen LogP contribution is -2.35. The number of carbonyl (C=O) groups is 1. The summed E-state index contributed by atoms with van der Waals surface area (Å²) in [6.45, 7) is 0. The predicted octanol–water partition coefficient (Wildman–Crippen LogP) is 5.24. The van der Waals surface area contributed by atoms with E-state index in [4.69, 9.17) is 0 Å². The molecule has 2 nitrogen and oxygen atoms in total. The number of rotatable bonds is 4. The van der Waals surface area contributed by atoms with Crippen LogP contribution in [0.5, 0.6) is 0 Å². The molecule has 0 radical (unpaired) electrons. The van der Waals surface area contributed by atoms with Gasteiger partial charge in [-0.25, -0.2) is 0 Å². The first kappa shape index (κ1) is 16.3. The SMILES string of the molecule is O=C(N[C@@H](c1ccccc1)c1ccc(Br)cc1)C1CCCCC1. The van der Waals surface area contributed by atoms with Gasteiger partial charge in [-0.15, -0.1) is 0 Å². The quantitative estimate of drug-likeness (QED) is 0.782. The molecule has 0 unspecified atom stereocenters. The predicted molar refractivity (Wildman–Crippen MR) is 97.1 cm³/mol. The van der Waals surface area contributed by atoms with Crippen LogP contribution in [0, 0.1) is 5.92 Å². The topological polar surface area (TPSA) is 29.1 Å². The third kappa shape index (κ3) is 4.23. The van der Waals surface area contributed by atoms with E-state index in [1.165, 1.54) is 19.3 Å². The molecule has 1 saturated carbocycles. The van der Waals surface area contributed by atoms with Gasteiger partial charge in [0.25, 0.3) is 0 Å². The van der Waals surface area contributed by atoms with E-state index >= 15 is 0 Å². The summed E-state index contributed by atoms with van der Waals surface area (Å²) in [5.74, 6) is 0.367. The van der Waals surface area contributed by atoms with Gasteiger partial charge >= 0.3 is 0 Å². The van der Waals surface area contributed by atoms with Gasteiger partial charge in [0.05, 0.1) is 6.04 Å². The van der Waals surface area contributed by atoms with E-state index in [9.17, 15) is 4.79 Å². The Kier molecular flexibility index (Phi) is 5.50. The highest BCUT2D eigenvalue weighted by molar-refractivity contribution is 9.10. The van der Waals surface area contributed by atoms with Crippen molar-refractivity contribution in [3.63, 3.8) is 0 Å². The van der Waals surface area contributed by atoms with E-state index < -0.39 is 0 Å². The van der Waals surface area contributed by atoms with Crippen LogP contribution in [0.4, 0.5) is 0 Å². The van der Waals surface area contributed by atoms with Crippen LogP contribution in [0.3, 0.4) is 0 Å². The Morgan fingerprint density at radius 3 is 2.17 bits per heavy atom. The lowest BCUT2D eigenvalue weighted by molar-refractivity contribution is -0.126. The van der Waals surface area contributed by atoms with Gasteiger partial charge in [0.2, 0.25) is 5.91 Å². The molecule has 1 aliphatic rings. The molecule has 1 amide bonds. The van der Waals surface area contributed by atoms with Gasteiger partial charge in [-0.05, 0) is 36.1 Å². The van der Waals surface area contributed by atoms with E-state index in [1.54, 1.807) is 0 Å². The molecule has 1 N–H and O–H groups in total. The molecule has 0 bridgehead atoms. The first-order chi connectivity index (χ1) is 11.2. The van der Waals surface area contributed by atoms with E-state index in [0.717, 1.165) is 28.4 Å². The molecule has 1 atom stereocenters. The van der Waals surface area contributed by atoms with Gasteiger partial charge in [-0.2, -0.15) is 0 Å². The van der Waals surface area contributed by atoms with Crippen molar-refractivity contribution in [2.45, 2.75) is 38.1 Å². The Morgan fingerprint density at radius 2 is 1.52 bits per heavy atom. The fraction of sp³-hybridized carbons (Fsp3) is 0.350. The monoisotopic (exact) mass is 371 g/mol. The van der Waals surface area contributed by atoms with Crippen LogP contribution in [0.2, 0.25) is 0 Å². The maximum absolute atomic E-state index is 12.7. The average Bonchev–Trinajstić information content (AvgIpc) is 2.62. The normalized spacial score (nSPS) is 16.7. The van der Waals surface area contributed by atoms with Gasteiger partial charge in [0.15, 0.2) is 0 Å². The molecule has 23 heavy (non-hydrogen) atoms. The van der Waals surface area contributed by atoms with E-state index in [0.29, 0.717) is 0 Å². The Bertz CT molecular complexity index is 632. The molecule has 120 valence electrons. The highest BCUT2D eigenvalue weighted by atomic mass is 79.9. The Morgan fingerprint density at radius 1 is 0.913 bits per heavy atom. The number of amides is 1. The number of halogens is 1. The molecule has 2 aromatic carbocycles. The zero-order valence-electron chi connectivity index (χ0n) is 13.2. The molecule has 0 aromatic heterocycles. The summed E-state index contributed by atoms with van der Waals surface area (Å²) in [5, 5.41) is 3.28. The van der Waals surface area contributed by atoms with E-state index in [-0.39, 0.29) is 17.9 Å². The number of benzene rings is 2. The summed E-state index contributed by atoms with van der Waals surface area (Å²) in [7, 11) is 0. The minimum absolute atomic E-state index is 0.0845. The van der Waals surface area contributed by atoms with Crippen molar-refractivity contribution in [3.05, 3.63) is 70.2 Å². The molecular weight excluding hydrogens is 350 g/mol. The van der Waals surface area contributed by atoms with Crippen LogP contribution in [0.15, 0.2) is 59.1 Å². The largest absolute Gasteiger partial charge is 0.345 e. The highest BCUT2D eigenvalue weighted by Gasteiger charge is 2.24. The second kappa shape index (κ2) is 7.78. The number of nitrogens with one attached hydrogen (secondary N) is 1. The third-order valence-corrected chi connectivity index (χ3v) is 5.13. The zero-order valence-corrected chi connectivity index (χ0v) is 14.8. The smallest absolute Gasteiger partial charge is 0.223 e. The summed E-state index contributed by atoms with van der Waals surface area (Å²) >= 11 is 3.48. The second-order valence-electron chi connectivity index (χ2n) is 6.24. The number of hydrogen-bond acceptors (Lipinski definition) is 1. The molecule has 2 aromatic rings. The molecule has 0 aliphatic heterocycles. The van der Waals surface area contributed by atoms with Gasteiger partial charge in [-0.3, -0.25) is 4.79 Å². The summed E-state index contributed by atoms with van der Waals surface area (Å²) in [4.78, 5) is 12.7. The Labute approximate surface area is 146 Å². The molecule has 0 heterocycles. The Hall–Kier alpha value is -1.61. The van der Waals surface area contributed by atoms with Gasteiger partial charge < -0.3 is 5.32 Å². The number of carbonyl (C=O) groups excluding carboxylic acids is 1. The van der Waals surface area contributed by atoms with Crippen molar-refractivity contribution in [1.82, 2.24) is 5.32 Å². The minimum Gasteiger partial charge on any atom is -0.345 e. The maximum Gasteiger partial charge on any atom is 0.223 e. The molecule has 1 aliphatic carbocycles. The molecule has 3 heteroatoms. The molecule has 1 fully saturated rings. The van der Waals surface area contributed by atoms with Crippen LogP contribution in [0.1, 0.15) is 49.3 Å². The maximum atomic E-state index is 12.7. The summed E-state index contributed by atoms with van der Waals surface area (Å²) < 4.78 is 1.05. The summed E-state index contributed by atoms with van der Waals surface area (Å²) in [5.41, 5.74) is 2.24. The van der Waals surface area contributed by atoms with Crippen LogP contribution in [0.25, 0.3) is 0 Å². The average molecular weight is 372 g/mol. The summed E-state index contributed by atoms with van der Waals surface area (Å²) in [6, 6.07) is 18.3. The van der Waals surface area contributed by atoms with Crippen LogP contribution in [-0.4, -0.2) is 5.91 Å². The lowest BCUT2D eigenvalue weighted by Gasteiger charge is -2.25. The third-order valence-electron chi connectivity index (χ3n) is 4.60. The van der Waals surface area contributed by atoms with Gasteiger partial charge in [0, 0.05) is 10.4 Å². The molecule has 0 saturated heterocycles. The van der Waals surface area contributed by atoms with Crippen molar-refractivity contribution in [1.29, 1.82) is 0 Å². The fourth-order valence-corrected chi connectivity index (χ4v) is 3.55. The fourth-order valence-electron chi connectivity index (χ4n) is 3.28. The van der Waals surface area contributed by atoms with Crippen molar-refractivity contribution in [2.24, 2.45) is 5.92 Å². The molecular formula is C20H22BrNO. The minimum atomic E-state index is -0.0845. The van der Waals surface area contributed by atoms with Crippen molar-refractivity contribution < 1.29 is 4.79 Å². The highest BCUT2D eigenvalue weighted by Crippen LogP contribution is 2.27. The van der Waals surface area contributed by atoms with Crippen molar-refractivity contribution in [2.75, 3.05) is 0 Å². The first-order valence-electron chi connectivity index (χ1n) is 8.35.